The second kappa shape index (κ2) is 9.90. The van der Waals surface area contributed by atoms with Crippen LogP contribution in [0.4, 0.5) is 5.69 Å². The Kier molecular flexibility index (Phi) is 6.98. The Morgan fingerprint density at radius 1 is 1.16 bits per heavy atom. The number of carbonyl (C=O) groups is 1. The fourth-order valence-electron chi connectivity index (χ4n) is 3.46. The molecule has 1 amide bonds. The lowest BCUT2D eigenvalue weighted by Gasteiger charge is -2.12. The van der Waals surface area contributed by atoms with Gasteiger partial charge in [-0.3, -0.25) is 14.2 Å². The Labute approximate surface area is 199 Å². The van der Waals surface area contributed by atoms with E-state index in [1.165, 1.54) is 16.6 Å². The van der Waals surface area contributed by atoms with E-state index in [4.69, 9.17) is 16.6 Å². The molecule has 0 bridgehead atoms. The lowest BCUT2D eigenvalue weighted by Crippen LogP contribution is -2.22. The summed E-state index contributed by atoms with van der Waals surface area (Å²) in [7, 11) is 0. The molecule has 4 rings (SSSR count). The summed E-state index contributed by atoms with van der Waals surface area (Å²) in [5.41, 5.74) is 2.18. The minimum Gasteiger partial charge on any atom is -0.324 e. The van der Waals surface area contributed by atoms with Gasteiger partial charge >= 0.3 is 0 Å². The molecule has 4 aromatic rings. The monoisotopic (exact) mass is 483 g/mol. The highest BCUT2D eigenvalue weighted by atomic mass is 35.5. The number of amides is 1. The summed E-state index contributed by atoms with van der Waals surface area (Å²) < 4.78 is 1.60. The zero-order valence-electron chi connectivity index (χ0n) is 17.7. The van der Waals surface area contributed by atoms with Gasteiger partial charge in [-0.15, -0.1) is 11.3 Å². The quantitative estimate of drug-likeness (QED) is 0.255. The molecule has 0 radical (unpaired) electrons. The molecule has 1 N–H and O–H groups in total. The number of anilines is 1. The fraction of sp³-hybridized carbons (Fsp3) is 0.208. The van der Waals surface area contributed by atoms with Crippen LogP contribution in [0.3, 0.4) is 0 Å². The molecular formula is C24H22ClN3O2S2. The standard InChI is InChI=1S/C24H22ClN3O2S2/c1-3-9-19-15(2)21-22(32-19)27-24(28(23(21)30)16-10-5-4-6-11-16)31-14-20(29)26-18-13-8-7-12-17(18)25/h4-8,10-13H,3,9,14H2,1-2H3,(H,26,29). The molecule has 0 atom stereocenters. The van der Waals surface area contributed by atoms with Crippen LogP contribution < -0.4 is 10.9 Å². The smallest absolute Gasteiger partial charge is 0.267 e. The maximum absolute atomic E-state index is 13.6. The molecule has 0 saturated heterocycles. The number of halogens is 1. The second-order valence-electron chi connectivity index (χ2n) is 7.27. The van der Waals surface area contributed by atoms with Gasteiger partial charge in [0.1, 0.15) is 4.83 Å². The number of hydrogen-bond donors (Lipinski definition) is 1. The predicted octanol–water partition coefficient (Wildman–Crippen LogP) is 6.09. The third-order valence-electron chi connectivity index (χ3n) is 5.00. The van der Waals surface area contributed by atoms with Gasteiger partial charge in [0.15, 0.2) is 5.16 Å². The number of fused-ring (bicyclic) bond motifs is 1. The van der Waals surface area contributed by atoms with Crippen molar-refractivity contribution in [3.8, 4) is 5.69 Å². The highest BCUT2D eigenvalue weighted by molar-refractivity contribution is 7.99. The molecule has 2 aromatic heterocycles. The highest BCUT2D eigenvalue weighted by Crippen LogP contribution is 2.31. The zero-order valence-corrected chi connectivity index (χ0v) is 20.1. The van der Waals surface area contributed by atoms with Gasteiger partial charge in [0.25, 0.3) is 5.56 Å². The van der Waals surface area contributed by atoms with Crippen molar-refractivity contribution in [2.75, 3.05) is 11.1 Å². The predicted molar refractivity (Wildman–Crippen MR) is 135 cm³/mol. The Bertz CT molecular complexity index is 1330. The summed E-state index contributed by atoms with van der Waals surface area (Å²) in [5.74, 6) is -0.117. The van der Waals surface area contributed by atoms with Crippen LogP contribution in [0.5, 0.6) is 0 Å². The van der Waals surface area contributed by atoms with Gasteiger partial charge in [-0.05, 0) is 43.2 Å². The van der Waals surface area contributed by atoms with Crippen LogP contribution in [0, 0.1) is 6.92 Å². The van der Waals surface area contributed by atoms with E-state index >= 15 is 0 Å². The van der Waals surface area contributed by atoms with Gasteiger partial charge in [0.2, 0.25) is 5.91 Å². The van der Waals surface area contributed by atoms with E-state index in [-0.39, 0.29) is 17.2 Å². The number of rotatable bonds is 7. The van der Waals surface area contributed by atoms with Crippen LogP contribution in [0.25, 0.3) is 15.9 Å². The summed E-state index contributed by atoms with van der Waals surface area (Å²) in [6.07, 6.45) is 1.92. The normalized spacial score (nSPS) is 11.1. The van der Waals surface area contributed by atoms with Gasteiger partial charge in [-0.2, -0.15) is 0 Å². The van der Waals surface area contributed by atoms with Gasteiger partial charge in [0.05, 0.1) is 27.5 Å². The SMILES string of the molecule is CCCc1sc2nc(SCC(=O)Nc3ccccc3Cl)n(-c3ccccc3)c(=O)c2c1C. The van der Waals surface area contributed by atoms with Crippen LogP contribution in [-0.2, 0) is 11.2 Å². The van der Waals surface area contributed by atoms with Crippen molar-refractivity contribution < 1.29 is 4.79 Å². The van der Waals surface area contributed by atoms with Crippen LogP contribution in [-0.4, -0.2) is 21.2 Å². The summed E-state index contributed by atoms with van der Waals surface area (Å²) >= 11 is 8.94. The first-order valence-corrected chi connectivity index (χ1v) is 12.4. The highest BCUT2D eigenvalue weighted by Gasteiger charge is 2.19. The van der Waals surface area contributed by atoms with E-state index in [9.17, 15) is 9.59 Å². The molecular weight excluding hydrogens is 462 g/mol. The molecule has 0 spiro atoms. The molecule has 164 valence electrons. The molecule has 2 aromatic carbocycles. The summed E-state index contributed by atoms with van der Waals surface area (Å²) in [5, 5.41) is 4.45. The van der Waals surface area contributed by atoms with E-state index in [1.54, 1.807) is 34.1 Å². The third kappa shape index (κ3) is 4.60. The van der Waals surface area contributed by atoms with E-state index in [1.807, 2.05) is 43.3 Å². The van der Waals surface area contributed by atoms with E-state index in [2.05, 4.69) is 12.2 Å². The number of benzene rings is 2. The average molecular weight is 484 g/mol. The lowest BCUT2D eigenvalue weighted by molar-refractivity contribution is -0.113. The minimum absolute atomic E-state index is 0.0994. The number of thiophene rings is 1. The van der Waals surface area contributed by atoms with Gasteiger partial charge < -0.3 is 5.32 Å². The van der Waals surface area contributed by atoms with Crippen molar-refractivity contribution in [1.82, 2.24) is 9.55 Å². The van der Waals surface area contributed by atoms with Crippen LogP contribution >= 0.6 is 34.7 Å². The lowest BCUT2D eigenvalue weighted by atomic mass is 10.1. The van der Waals surface area contributed by atoms with Crippen molar-refractivity contribution in [2.45, 2.75) is 31.8 Å². The van der Waals surface area contributed by atoms with Crippen molar-refractivity contribution in [2.24, 2.45) is 0 Å². The number of carbonyl (C=O) groups excluding carboxylic acids is 1. The van der Waals surface area contributed by atoms with E-state index in [0.717, 1.165) is 28.9 Å². The Balaban J connectivity index is 1.71. The summed E-state index contributed by atoms with van der Waals surface area (Å²) in [6, 6.07) is 16.5. The first-order valence-electron chi connectivity index (χ1n) is 10.3. The van der Waals surface area contributed by atoms with Crippen molar-refractivity contribution in [3.63, 3.8) is 0 Å². The van der Waals surface area contributed by atoms with Crippen molar-refractivity contribution in [3.05, 3.63) is 80.4 Å². The molecule has 0 aliphatic heterocycles. The Hall–Kier alpha value is -2.61. The molecule has 32 heavy (non-hydrogen) atoms. The second-order valence-corrected chi connectivity index (χ2v) is 9.70. The Morgan fingerprint density at radius 3 is 2.59 bits per heavy atom. The number of thioether (sulfide) groups is 1. The molecule has 8 heteroatoms. The number of nitrogens with one attached hydrogen (secondary N) is 1. The molecule has 0 aliphatic carbocycles. The van der Waals surface area contributed by atoms with E-state index < -0.39 is 0 Å². The van der Waals surface area contributed by atoms with Crippen LogP contribution in [0.15, 0.2) is 64.5 Å². The third-order valence-corrected chi connectivity index (χ3v) is 7.52. The van der Waals surface area contributed by atoms with E-state index in [0.29, 0.717) is 21.3 Å². The van der Waals surface area contributed by atoms with Crippen LogP contribution in [0.1, 0.15) is 23.8 Å². The summed E-state index contributed by atoms with van der Waals surface area (Å²) in [6.45, 7) is 4.12. The number of nitrogens with zero attached hydrogens (tertiary/aromatic N) is 2. The van der Waals surface area contributed by atoms with Crippen molar-refractivity contribution >= 4 is 56.5 Å². The van der Waals surface area contributed by atoms with Crippen molar-refractivity contribution in [1.29, 1.82) is 0 Å². The largest absolute Gasteiger partial charge is 0.324 e. The maximum atomic E-state index is 13.6. The molecule has 0 aliphatic rings. The maximum Gasteiger partial charge on any atom is 0.267 e. The number of aryl methyl sites for hydroxylation is 2. The zero-order chi connectivity index (χ0) is 22.7. The van der Waals surface area contributed by atoms with Gasteiger partial charge in [-0.1, -0.05) is 67.0 Å². The van der Waals surface area contributed by atoms with Gasteiger partial charge in [-0.25, -0.2) is 4.98 Å². The topological polar surface area (TPSA) is 64.0 Å². The first-order chi connectivity index (χ1) is 15.5. The van der Waals surface area contributed by atoms with Crippen LogP contribution in [0.2, 0.25) is 5.02 Å². The first kappa shape index (κ1) is 22.6. The Morgan fingerprint density at radius 2 is 1.88 bits per heavy atom. The average Bonchev–Trinajstić information content (AvgIpc) is 3.10. The molecule has 5 nitrogen and oxygen atoms in total. The summed E-state index contributed by atoms with van der Waals surface area (Å²) in [4.78, 5) is 32.9. The number of hydrogen-bond acceptors (Lipinski definition) is 5. The van der Waals surface area contributed by atoms with Gasteiger partial charge in [0, 0.05) is 4.88 Å². The molecule has 0 fully saturated rings. The fourth-order valence-corrected chi connectivity index (χ4v) is 5.77. The number of aromatic nitrogens is 2. The minimum atomic E-state index is -0.217. The molecule has 2 heterocycles. The molecule has 0 unspecified atom stereocenters. The number of para-hydroxylation sites is 2. The molecule has 0 saturated carbocycles.